The maximum atomic E-state index is 13.3. The number of rotatable bonds is 15. The van der Waals surface area contributed by atoms with E-state index in [-0.39, 0.29) is 56.8 Å². The van der Waals surface area contributed by atoms with Gasteiger partial charge in [-0.3, -0.25) is 14.4 Å². The number of hydrazone groups is 1. The van der Waals surface area contributed by atoms with E-state index >= 15 is 0 Å². The third-order valence-electron chi connectivity index (χ3n) is 6.65. The number of amides is 2. The van der Waals surface area contributed by atoms with Crippen LogP contribution in [-0.4, -0.2) is 77.7 Å². The Bertz CT molecular complexity index is 1130. The van der Waals surface area contributed by atoms with Crippen molar-refractivity contribution in [2.24, 2.45) is 16.8 Å². The minimum atomic E-state index is -0.917. The normalized spacial score (nSPS) is 14.7. The summed E-state index contributed by atoms with van der Waals surface area (Å²) in [7, 11) is 0. The lowest BCUT2D eigenvalue weighted by Crippen LogP contribution is -2.51. The number of hydrogen-bond donors (Lipinski definition) is 3. The van der Waals surface area contributed by atoms with Crippen LogP contribution in [0.15, 0.2) is 35.4 Å². The standard InChI is InChI=1S/C29H44N6O9/c1-29(2,3)44-28(39)32-23(10-7-16-31-27(30)33-35(40)41)26(38)34-17-13-21(14-18-34)15-19-42-24(36)11-12-25(37)43-20-22-8-5-4-6-9-22/h4-6,8-9,21,23H,7,10-20H2,1-3H3,(H,32,39)(H3,30,31,33)/t23-/m0/s1. The van der Waals surface area contributed by atoms with Crippen molar-refractivity contribution >= 4 is 29.9 Å². The Morgan fingerprint density at radius 2 is 1.73 bits per heavy atom. The smallest absolute Gasteiger partial charge is 0.408 e. The van der Waals surface area contributed by atoms with E-state index in [0.29, 0.717) is 38.8 Å². The van der Waals surface area contributed by atoms with E-state index < -0.39 is 34.7 Å². The number of carbonyl (C=O) groups is 4. The van der Waals surface area contributed by atoms with Gasteiger partial charge in [0.1, 0.15) is 23.4 Å². The summed E-state index contributed by atoms with van der Waals surface area (Å²) in [6.45, 7) is 6.67. The van der Waals surface area contributed by atoms with Gasteiger partial charge in [0.05, 0.1) is 19.4 Å². The van der Waals surface area contributed by atoms with Gasteiger partial charge in [-0.2, -0.15) is 0 Å². The molecule has 1 saturated heterocycles. The Hall–Kier alpha value is -4.43. The van der Waals surface area contributed by atoms with Gasteiger partial charge in [-0.15, -0.1) is 0 Å². The number of esters is 2. The Balaban J connectivity index is 1.73. The average molecular weight is 621 g/mol. The molecule has 0 spiro atoms. The van der Waals surface area contributed by atoms with E-state index in [1.165, 1.54) is 0 Å². The largest absolute Gasteiger partial charge is 0.466 e. The summed E-state index contributed by atoms with van der Waals surface area (Å²) in [5, 5.41) is 17.7. The van der Waals surface area contributed by atoms with Crippen LogP contribution in [0, 0.1) is 16.0 Å². The third-order valence-corrected chi connectivity index (χ3v) is 6.65. The van der Waals surface area contributed by atoms with Gasteiger partial charge in [0.25, 0.3) is 5.96 Å². The number of nitrogens with zero attached hydrogens (tertiary/aromatic N) is 3. The molecule has 4 N–H and O–H groups in total. The zero-order valence-electron chi connectivity index (χ0n) is 25.6. The monoisotopic (exact) mass is 620 g/mol. The Morgan fingerprint density at radius 3 is 2.34 bits per heavy atom. The van der Waals surface area contributed by atoms with Crippen LogP contribution >= 0.6 is 0 Å². The molecule has 0 aliphatic carbocycles. The maximum absolute atomic E-state index is 13.3. The second-order valence-corrected chi connectivity index (χ2v) is 11.4. The van der Waals surface area contributed by atoms with Crippen molar-refractivity contribution in [2.75, 3.05) is 26.2 Å². The molecule has 44 heavy (non-hydrogen) atoms. The third kappa shape index (κ3) is 15.2. The predicted octanol–water partition coefficient (Wildman–Crippen LogP) is 2.45. The number of likely N-dealkylation sites (tertiary alicyclic amines) is 1. The molecule has 244 valence electrons. The Morgan fingerprint density at radius 1 is 1.09 bits per heavy atom. The number of carbonyl (C=O) groups excluding carboxylic acids is 4. The molecule has 15 heteroatoms. The highest BCUT2D eigenvalue weighted by molar-refractivity contribution is 5.86. The first kappa shape index (κ1) is 35.8. The van der Waals surface area contributed by atoms with Gasteiger partial charge >= 0.3 is 18.0 Å². The average Bonchev–Trinajstić information content (AvgIpc) is 2.95. The van der Waals surface area contributed by atoms with Crippen molar-refractivity contribution in [2.45, 2.75) is 84.0 Å². The predicted molar refractivity (Wildman–Crippen MR) is 159 cm³/mol. The number of guanidine groups is 1. The van der Waals surface area contributed by atoms with Crippen LogP contribution in [0.4, 0.5) is 4.79 Å². The molecule has 1 atom stereocenters. The molecule has 0 aromatic heterocycles. The SMILES string of the molecule is CC(C)(C)OC(=O)N[C@@H](CCCN/C(N)=N/[N+](=O)[O-])C(=O)N1CCC(CCOC(=O)CCC(=O)OCc2ccccc2)CC1. The Kier molecular flexibility index (Phi) is 14.9. The van der Waals surface area contributed by atoms with E-state index in [1.54, 1.807) is 25.7 Å². The number of alkyl carbamates (subject to hydrolysis) is 1. The summed E-state index contributed by atoms with van der Waals surface area (Å²) in [5.41, 5.74) is 5.54. The summed E-state index contributed by atoms with van der Waals surface area (Å²) in [6.07, 6.45) is 1.80. The van der Waals surface area contributed by atoms with Gasteiger partial charge in [-0.25, -0.2) is 14.9 Å². The molecule has 1 aliphatic heterocycles. The molecular weight excluding hydrogens is 576 g/mol. The van der Waals surface area contributed by atoms with Crippen LogP contribution < -0.4 is 16.4 Å². The quantitative estimate of drug-likeness (QED) is 0.0494. The number of ether oxygens (including phenoxy) is 3. The second kappa shape index (κ2) is 18.3. The summed E-state index contributed by atoms with van der Waals surface area (Å²) in [5.74, 6) is -1.30. The van der Waals surface area contributed by atoms with Gasteiger partial charge < -0.3 is 35.5 Å². The maximum Gasteiger partial charge on any atom is 0.408 e. The first-order valence-corrected chi connectivity index (χ1v) is 14.7. The van der Waals surface area contributed by atoms with Crippen LogP contribution in [0.25, 0.3) is 0 Å². The van der Waals surface area contributed by atoms with Crippen LogP contribution in [0.2, 0.25) is 0 Å². The van der Waals surface area contributed by atoms with E-state index in [9.17, 15) is 29.3 Å². The lowest BCUT2D eigenvalue weighted by molar-refractivity contribution is -0.485. The van der Waals surface area contributed by atoms with E-state index in [0.717, 1.165) is 5.56 Å². The molecule has 0 bridgehead atoms. The zero-order valence-corrected chi connectivity index (χ0v) is 25.6. The van der Waals surface area contributed by atoms with Crippen molar-refractivity contribution < 1.29 is 38.4 Å². The summed E-state index contributed by atoms with van der Waals surface area (Å²) in [6, 6.07) is 8.40. The first-order valence-electron chi connectivity index (χ1n) is 14.7. The van der Waals surface area contributed by atoms with E-state index in [1.807, 2.05) is 30.3 Å². The topological polar surface area (TPSA) is 205 Å². The summed E-state index contributed by atoms with van der Waals surface area (Å²) < 4.78 is 15.8. The number of hydrogen-bond acceptors (Lipinski definition) is 9. The Labute approximate surface area is 257 Å². The van der Waals surface area contributed by atoms with Gasteiger partial charge in [0.15, 0.2) is 5.03 Å². The zero-order chi connectivity index (χ0) is 32.5. The molecule has 1 heterocycles. The number of benzene rings is 1. The van der Waals surface area contributed by atoms with E-state index in [2.05, 4.69) is 15.7 Å². The van der Waals surface area contributed by atoms with Crippen LogP contribution in [0.5, 0.6) is 0 Å². The molecule has 1 aliphatic rings. The molecule has 2 amide bonds. The van der Waals surface area contributed by atoms with Gasteiger partial charge in [-0.1, -0.05) is 30.3 Å². The summed E-state index contributed by atoms with van der Waals surface area (Å²) >= 11 is 0. The molecule has 0 saturated carbocycles. The number of piperidine rings is 1. The highest BCUT2D eigenvalue weighted by Gasteiger charge is 2.30. The fourth-order valence-electron chi connectivity index (χ4n) is 4.44. The molecule has 1 aromatic carbocycles. The van der Waals surface area contributed by atoms with Crippen molar-refractivity contribution in [3.8, 4) is 0 Å². The van der Waals surface area contributed by atoms with Crippen LogP contribution in [-0.2, 0) is 35.2 Å². The fourth-order valence-corrected chi connectivity index (χ4v) is 4.44. The molecule has 1 aromatic rings. The summed E-state index contributed by atoms with van der Waals surface area (Å²) in [4.78, 5) is 61.8. The van der Waals surface area contributed by atoms with Crippen molar-refractivity contribution in [3.63, 3.8) is 0 Å². The minimum Gasteiger partial charge on any atom is -0.466 e. The van der Waals surface area contributed by atoms with Crippen molar-refractivity contribution in [1.29, 1.82) is 0 Å². The molecule has 0 unspecified atom stereocenters. The van der Waals surface area contributed by atoms with Gasteiger partial charge in [0, 0.05) is 19.6 Å². The van der Waals surface area contributed by atoms with Crippen molar-refractivity contribution in [3.05, 3.63) is 46.0 Å². The van der Waals surface area contributed by atoms with Gasteiger partial charge in [-0.05, 0) is 64.4 Å². The van der Waals surface area contributed by atoms with Gasteiger partial charge in [0.2, 0.25) is 5.91 Å². The molecular formula is C29H44N6O9. The highest BCUT2D eigenvalue weighted by Crippen LogP contribution is 2.22. The minimum absolute atomic E-state index is 0.0550. The lowest BCUT2D eigenvalue weighted by atomic mass is 9.93. The van der Waals surface area contributed by atoms with Crippen molar-refractivity contribution in [1.82, 2.24) is 15.5 Å². The molecule has 1 fully saturated rings. The number of nitrogens with two attached hydrogens (primary N) is 1. The fraction of sp³-hybridized carbons (Fsp3) is 0.621. The molecule has 15 nitrogen and oxygen atoms in total. The molecule has 2 rings (SSSR count). The number of nitro groups is 1. The first-order chi connectivity index (χ1) is 20.8. The molecule has 0 radical (unpaired) electrons. The second-order valence-electron chi connectivity index (χ2n) is 11.4. The van der Waals surface area contributed by atoms with Crippen LogP contribution in [0.1, 0.15) is 71.3 Å². The van der Waals surface area contributed by atoms with E-state index in [4.69, 9.17) is 19.9 Å². The lowest BCUT2D eigenvalue weighted by Gasteiger charge is -2.34. The van der Waals surface area contributed by atoms with Crippen LogP contribution in [0.3, 0.4) is 0 Å². The number of nitrogens with one attached hydrogen (secondary N) is 2. The highest BCUT2D eigenvalue weighted by atomic mass is 16.7.